The second-order valence-corrected chi connectivity index (χ2v) is 3.23. The van der Waals surface area contributed by atoms with Gasteiger partial charge in [-0.15, -0.1) is 10.2 Å². The van der Waals surface area contributed by atoms with Gasteiger partial charge in [-0.25, -0.2) is 0 Å². The van der Waals surface area contributed by atoms with Crippen molar-refractivity contribution in [2.75, 3.05) is 0 Å². The van der Waals surface area contributed by atoms with Crippen LogP contribution in [0.4, 0.5) is 5.69 Å². The Morgan fingerprint density at radius 2 is 2.24 bits per heavy atom. The Kier molecular flexibility index (Phi) is 2.61. The van der Waals surface area contributed by atoms with Crippen LogP contribution in [-0.4, -0.2) is 31.0 Å². The largest absolute Gasteiger partial charge is 0.271 e. The van der Waals surface area contributed by atoms with Crippen molar-refractivity contribution in [2.45, 2.75) is 6.92 Å². The Labute approximate surface area is 95.0 Å². The maximum Gasteiger partial charge on any atom is 0.270 e. The normalized spacial score (nSPS) is 10.2. The van der Waals surface area contributed by atoms with Crippen molar-refractivity contribution in [3.05, 3.63) is 34.4 Å². The van der Waals surface area contributed by atoms with Crippen LogP contribution < -0.4 is 0 Å². The number of carbonyl (C=O) groups is 1. The molecular weight excluding hydrogens is 226 g/mol. The molecule has 2 rings (SSSR count). The quantitative estimate of drug-likeness (QED) is 0.564. The molecule has 17 heavy (non-hydrogen) atoms. The number of benzene rings is 1. The molecule has 0 unspecified atom stereocenters. The number of non-ortho nitro benzene ring substituents is 1. The first kappa shape index (κ1) is 10.9. The van der Waals surface area contributed by atoms with Crippen molar-refractivity contribution in [3.63, 3.8) is 0 Å². The zero-order valence-corrected chi connectivity index (χ0v) is 8.77. The number of hydrogen-bond donors (Lipinski definition) is 0. The lowest BCUT2D eigenvalue weighted by Gasteiger charge is -1.94. The molecule has 0 aliphatic heterocycles. The summed E-state index contributed by atoms with van der Waals surface area (Å²) < 4.78 is 0. The van der Waals surface area contributed by atoms with Crippen molar-refractivity contribution in [1.82, 2.24) is 20.2 Å². The second kappa shape index (κ2) is 4.08. The van der Waals surface area contributed by atoms with Gasteiger partial charge in [0.1, 0.15) is 0 Å². The van der Waals surface area contributed by atoms with Gasteiger partial charge in [-0.05, 0) is 5.21 Å². The lowest BCUT2D eigenvalue weighted by molar-refractivity contribution is -0.384. The van der Waals surface area contributed by atoms with Crippen molar-refractivity contribution in [3.8, 4) is 11.4 Å². The third-order valence-electron chi connectivity index (χ3n) is 2.01. The number of rotatable bonds is 2. The highest BCUT2D eigenvalue weighted by Gasteiger charge is 2.12. The first-order chi connectivity index (χ1) is 8.08. The van der Waals surface area contributed by atoms with Crippen molar-refractivity contribution >= 4 is 11.6 Å². The van der Waals surface area contributed by atoms with Gasteiger partial charge in [-0.1, -0.05) is 16.9 Å². The van der Waals surface area contributed by atoms with Crippen LogP contribution in [0, 0.1) is 10.1 Å². The van der Waals surface area contributed by atoms with Gasteiger partial charge in [-0.3, -0.25) is 14.9 Å². The summed E-state index contributed by atoms with van der Waals surface area (Å²) in [6.07, 6.45) is 0. The summed E-state index contributed by atoms with van der Waals surface area (Å²) in [5, 5.41) is 21.6. The van der Waals surface area contributed by atoms with Crippen LogP contribution in [-0.2, 0) is 0 Å². The Morgan fingerprint density at radius 1 is 1.47 bits per heavy atom. The van der Waals surface area contributed by atoms with Crippen LogP contribution >= 0.6 is 0 Å². The molecule has 0 bridgehead atoms. The topological polar surface area (TPSA) is 104 Å². The lowest BCUT2D eigenvalue weighted by Crippen LogP contribution is -2.09. The van der Waals surface area contributed by atoms with Gasteiger partial charge in [0.25, 0.3) is 11.6 Å². The average Bonchev–Trinajstić information content (AvgIpc) is 2.78. The number of nitrogens with zero attached hydrogens (tertiary/aromatic N) is 5. The smallest absolute Gasteiger partial charge is 0.270 e. The number of hydrogen-bond acceptors (Lipinski definition) is 6. The highest BCUT2D eigenvalue weighted by Crippen LogP contribution is 2.19. The van der Waals surface area contributed by atoms with Crippen molar-refractivity contribution in [1.29, 1.82) is 0 Å². The van der Waals surface area contributed by atoms with Crippen molar-refractivity contribution < 1.29 is 9.72 Å². The third-order valence-corrected chi connectivity index (χ3v) is 2.01. The molecule has 8 heteroatoms. The number of aromatic nitrogens is 4. The molecule has 0 aliphatic rings. The van der Waals surface area contributed by atoms with E-state index in [1.807, 2.05) is 0 Å². The molecule has 0 atom stereocenters. The minimum absolute atomic E-state index is 0.0679. The number of carbonyl (C=O) groups excluding carboxylic acids is 1. The summed E-state index contributed by atoms with van der Waals surface area (Å²) in [6.45, 7) is 1.29. The average molecular weight is 233 g/mol. The number of tetrazole rings is 1. The van der Waals surface area contributed by atoms with E-state index in [0.29, 0.717) is 5.56 Å². The predicted octanol–water partition coefficient (Wildman–Crippen LogP) is 0.908. The fourth-order valence-electron chi connectivity index (χ4n) is 1.22. The molecule has 1 heterocycles. The highest BCUT2D eigenvalue weighted by molar-refractivity contribution is 5.74. The lowest BCUT2D eigenvalue weighted by atomic mass is 10.2. The molecule has 0 saturated heterocycles. The second-order valence-electron chi connectivity index (χ2n) is 3.23. The van der Waals surface area contributed by atoms with E-state index in [1.165, 1.54) is 25.1 Å². The van der Waals surface area contributed by atoms with Crippen LogP contribution in [0.25, 0.3) is 11.4 Å². The van der Waals surface area contributed by atoms with Gasteiger partial charge >= 0.3 is 0 Å². The molecule has 0 spiro atoms. The molecule has 1 aromatic carbocycles. The SMILES string of the molecule is CC(=O)n1nnc(-c2cccc([N+](=O)[O-])c2)n1. The maximum absolute atomic E-state index is 11.0. The standard InChI is InChI=1S/C9H7N5O3/c1-6(15)13-11-9(10-12-13)7-3-2-4-8(5-7)14(16)17/h2-5H,1H3. The zero-order chi connectivity index (χ0) is 12.4. The molecule has 0 radical (unpaired) electrons. The first-order valence-electron chi connectivity index (χ1n) is 4.64. The Balaban J connectivity index is 2.42. The van der Waals surface area contributed by atoms with Crippen LogP contribution in [0.5, 0.6) is 0 Å². The fourth-order valence-corrected chi connectivity index (χ4v) is 1.22. The van der Waals surface area contributed by atoms with Gasteiger partial charge in [0.15, 0.2) is 0 Å². The molecule has 0 amide bonds. The van der Waals surface area contributed by atoms with E-state index in [-0.39, 0.29) is 17.4 Å². The van der Waals surface area contributed by atoms with Gasteiger partial charge in [0.05, 0.1) is 4.92 Å². The fraction of sp³-hybridized carbons (Fsp3) is 0.111. The van der Waals surface area contributed by atoms with E-state index in [1.54, 1.807) is 6.07 Å². The monoisotopic (exact) mass is 233 g/mol. The molecule has 2 aromatic rings. The molecule has 86 valence electrons. The molecule has 8 nitrogen and oxygen atoms in total. The molecule has 0 saturated carbocycles. The summed E-state index contributed by atoms with van der Waals surface area (Å²) >= 11 is 0. The molecule has 0 N–H and O–H groups in total. The Hall–Kier alpha value is -2.64. The summed E-state index contributed by atoms with van der Waals surface area (Å²) in [5.74, 6) is -0.210. The molecular formula is C9H7N5O3. The highest BCUT2D eigenvalue weighted by atomic mass is 16.6. The van der Waals surface area contributed by atoms with Crippen LogP contribution in [0.15, 0.2) is 24.3 Å². The zero-order valence-electron chi connectivity index (χ0n) is 8.77. The minimum atomic E-state index is -0.515. The van der Waals surface area contributed by atoms with E-state index in [0.717, 1.165) is 4.80 Å². The van der Waals surface area contributed by atoms with Crippen LogP contribution in [0.2, 0.25) is 0 Å². The summed E-state index contributed by atoms with van der Waals surface area (Å²) in [7, 11) is 0. The summed E-state index contributed by atoms with van der Waals surface area (Å²) in [4.78, 5) is 21.9. The van der Waals surface area contributed by atoms with Gasteiger partial charge in [0.2, 0.25) is 5.82 Å². The van der Waals surface area contributed by atoms with E-state index in [9.17, 15) is 14.9 Å². The van der Waals surface area contributed by atoms with E-state index >= 15 is 0 Å². The van der Waals surface area contributed by atoms with Gasteiger partial charge in [0, 0.05) is 24.6 Å². The Morgan fingerprint density at radius 3 is 2.82 bits per heavy atom. The summed E-state index contributed by atoms with van der Waals surface area (Å²) in [6, 6.07) is 5.80. The Bertz CT molecular complexity index is 592. The van der Waals surface area contributed by atoms with Crippen molar-refractivity contribution in [2.24, 2.45) is 0 Å². The van der Waals surface area contributed by atoms with Crippen LogP contribution in [0.1, 0.15) is 11.7 Å². The van der Waals surface area contributed by atoms with Crippen LogP contribution in [0.3, 0.4) is 0 Å². The molecule has 0 fully saturated rings. The summed E-state index contributed by atoms with van der Waals surface area (Å²) in [5.41, 5.74) is 0.369. The minimum Gasteiger partial charge on any atom is -0.271 e. The van der Waals surface area contributed by atoms with E-state index in [2.05, 4.69) is 15.4 Å². The van der Waals surface area contributed by atoms with Gasteiger partial charge < -0.3 is 0 Å². The maximum atomic E-state index is 11.0. The van der Waals surface area contributed by atoms with Gasteiger partial charge in [-0.2, -0.15) is 0 Å². The number of nitro groups is 1. The first-order valence-corrected chi connectivity index (χ1v) is 4.64. The third kappa shape index (κ3) is 2.14. The van der Waals surface area contributed by atoms with E-state index in [4.69, 9.17) is 0 Å². The molecule has 0 aliphatic carbocycles. The van der Waals surface area contributed by atoms with E-state index < -0.39 is 4.92 Å². The number of nitro benzene ring substituents is 1. The predicted molar refractivity (Wildman–Crippen MR) is 56.2 cm³/mol. The molecule has 1 aromatic heterocycles.